The number of rotatable bonds is 5. The van der Waals surface area contributed by atoms with E-state index in [1.807, 2.05) is 11.9 Å². The van der Waals surface area contributed by atoms with Crippen LogP contribution in [0.3, 0.4) is 0 Å². The van der Waals surface area contributed by atoms with E-state index in [0.29, 0.717) is 0 Å². The number of benzene rings is 1. The topological polar surface area (TPSA) is 23.5 Å². The summed E-state index contributed by atoms with van der Waals surface area (Å²) in [4.78, 5) is 3.31. The zero-order valence-electron chi connectivity index (χ0n) is 11.6. The molecule has 0 aromatic heterocycles. The predicted molar refractivity (Wildman–Crippen MR) is 79.4 cm³/mol. The minimum Gasteiger partial charge on any atom is -0.374 e. The van der Waals surface area contributed by atoms with E-state index in [4.69, 9.17) is 0 Å². The van der Waals surface area contributed by atoms with Crippen molar-refractivity contribution in [3.05, 3.63) is 24.3 Å². The first-order chi connectivity index (χ1) is 7.88. The lowest BCUT2D eigenvalue weighted by molar-refractivity contribution is 0.195. The normalized spacial score (nSPS) is 14.5. The number of hydrogen-bond acceptors (Lipinski definition) is 2. The van der Waals surface area contributed by atoms with Crippen molar-refractivity contribution in [1.82, 2.24) is 0 Å². The molecule has 0 heterocycles. The fourth-order valence-corrected chi connectivity index (χ4v) is 4.03. The average molecular weight is 255 g/mol. The Morgan fingerprint density at radius 2 is 2.00 bits per heavy atom. The number of aliphatic hydroxyl groups is 1. The van der Waals surface area contributed by atoms with Gasteiger partial charge in [0.25, 0.3) is 0 Å². The molecule has 98 valence electrons. The molecule has 0 radical (unpaired) electrons. The molecule has 0 aliphatic carbocycles. The van der Waals surface area contributed by atoms with Gasteiger partial charge in [0.1, 0.15) is 6.23 Å². The molecule has 1 aromatic carbocycles. The third-order valence-corrected chi connectivity index (χ3v) is 6.10. The molecule has 0 saturated heterocycles. The minimum absolute atomic E-state index is 0.450. The Hall–Kier alpha value is -0.670. The van der Waals surface area contributed by atoms with Crippen molar-refractivity contribution in [3.63, 3.8) is 0 Å². The van der Waals surface area contributed by atoms with Crippen LogP contribution in [0.4, 0.5) is 5.69 Å². The smallest absolute Gasteiger partial charge is 0.123 e. The Labute approximate surface area is 107 Å². The summed E-state index contributed by atoms with van der Waals surface area (Å²) in [5, 5.41) is 9.60. The molecule has 1 unspecified atom stereocenters. The van der Waals surface area contributed by atoms with Gasteiger partial charge in [-0.3, -0.25) is 0 Å². The second-order valence-electron chi connectivity index (χ2n) is 4.98. The molecule has 1 atom stereocenters. The van der Waals surface area contributed by atoms with E-state index in [-0.39, 0.29) is 0 Å². The SMILES string of the molecule is CCCS(C)(C)c1cccc(N(C)C(C)O)c1. The van der Waals surface area contributed by atoms with Gasteiger partial charge in [-0.2, -0.15) is 0 Å². The molecule has 2 nitrogen and oxygen atoms in total. The van der Waals surface area contributed by atoms with Crippen molar-refractivity contribution >= 4 is 15.7 Å². The van der Waals surface area contributed by atoms with Gasteiger partial charge in [-0.25, -0.2) is 10.0 Å². The van der Waals surface area contributed by atoms with Crippen molar-refractivity contribution in [3.8, 4) is 0 Å². The fourth-order valence-electron chi connectivity index (χ4n) is 1.89. The number of aliphatic hydroxyl groups excluding tert-OH is 1. The van der Waals surface area contributed by atoms with Gasteiger partial charge in [-0.15, -0.1) is 0 Å². The second kappa shape index (κ2) is 5.78. The summed E-state index contributed by atoms with van der Waals surface area (Å²) in [7, 11) is 1.22. The summed E-state index contributed by atoms with van der Waals surface area (Å²) < 4.78 is 0. The lowest BCUT2D eigenvalue weighted by Gasteiger charge is -2.33. The van der Waals surface area contributed by atoms with Crippen molar-refractivity contribution < 1.29 is 5.11 Å². The highest BCUT2D eigenvalue weighted by atomic mass is 32.3. The predicted octanol–water partition coefficient (Wildman–Crippen LogP) is 3.29. The Balaban J connectivity index is 3.00. The lowest BCUT2D eigenvalue weighted by Crippen LogP contribution is -2.28. The van der Waals surface area contributed by atoms with Gasteiger partial charge >= 0.3 is 0 Å². The van der Waals surface area contributed by atoms with Crippen LogP contribution < -0.4 is 4.90 Å². The van der Waals surface area contributed by atoms with E-state index in [2.05, 4.69) is 43.7 Å². The largest absolute Gasteiger partial charge is 0.374 e. The summed E-state index contributed by atoms with van der Waals surface area (Å²) in [6, 6.07) is 8.58. The second-order valence-corrected chi connectivity index (χ2v) is 8.94. The first-order valence-electron chi connectivity index (χ1n) is 6.10. The summed E-state index contributed by atoms with van der Waals surface area (Å²) in [6.45, 7) is 4.03. The molecule has 0 amide bonds. The van der Waals surface area contributed by atoms with Crippen LogP contribution in [0.1, 0.15) is 20.3 Å². The molecule has 1 aromatic rings. The number of anilines is 1. The van der Waals surface area contributed by atoms with Crippen LogP contribution in [0.2, 0.25) is 0 Å². The Morgan fingerprint density at radius 1 is 1.35 bits per heavy atom. The van der Waals surface area contributed by atoms with E-state index in [0.717, 1.165) is 5.69 Å². The molecule has 0 bridgehead atoms. The van der Waals surface area contributed by atoms with Gasteiger partial charge in [-0.1, -0.05) is 13.0 Å². The van der Waals surface area contributed by atoms with E-state index in [1.54, 1.807) is 6.92 Å². The van der Waals surface area contributed by atoms with E-state index < -0.39 is 16.3 Å². The third-order valence-electron chi connectivity index (χ3n) is 3.14. The van der Waals surface area contributed by atoms with E-state index >= 15 is 0 Å². The van der Waals surface area contributed by atoms with Gasteiger partial charge in [0.2, 0.25) is 0 Å². The van der Waals surface area contributed by atoms with E-state index in [9.17, 15) is 5.11 Å². The molecule has 0 spiro atoms. The summed E-state index contributed by atoms with van der Waals surface area (Å²) >= 11 is 0. The van der Waals surface area contributed by atoms with Gasteiger partial charge in [0.05, 0.1) is 0 Å². The fraction of sp³-hybridized carbons (Fsp3) is 0.571. The molecule has 0 aliphatic rings. The first-order valence-corrected chi connectivity index (χ1v) is 8.72. The molecule has 0 aliphatic heterocycles. The molecular weight excluding hydrogens is 230 g/mol. The highest BCUT2D eigenvalue weighted by Crippen LogP contribution is 2.50. The van der Waals surface area contributed by atoms with E-state index in [1.165, 1.54) is 17.1 Å². The molecule has 3 heteroatoms. The molecule has 0 saturated carbocycles. The Morgan fingerprint density at radius 3 is 2.53 bits per heavy atom. The zero-order valence-corrected chi connectivity index (χ0v) is 12.4. The van der Waals surface area contributed by atoms with Crippen LogP contribution in [0.5, 0.6) is 0 Å². The Kier molecular flexibility index (Phi) is 4.90. The van der Waals surface area contributed by atoms with Crippen LogP contribution in [-0.2, 0) is 0 Å². The van der Waals surface area contributed by atoms with Gasteiger partial charge in [-0.05, 0) is 54.7 Å². The van der Waals surface area contributed by atoms with Crippen molar-refractivity contribution in [2.45, 2.75) is 31.4 Å². The molecule has 0 fully saturated rings. The number of hydrogen-bond donors (Lipinski definition) is 1. The van der Waals surface area contributed by atoms with Crippen LogP contribution in [-0.4, -0.2) is 36.6 Å². The molecule has 1 N–H and O–H groups in total. The monoisotopic (exact) mass is 255 g/mol. The quantitative estimate of drug-likeness (QED) is 0.816. The van der Waals surface area contributed by atoms with Crippen LogP contribution in [0.15, 0.2) is 29.2 Å². The maximum Gasteiger partial charge on any atom is 0.123 e. The van der Waals surface area contributed by atoms with Gasteiger partial charge < -0.3 is 10.0 Å². The van der Waals surface area contributed by atoms with Gasteiger partial charge in [0.15, 0.2) is 0 Å². The van der Waals surface area contributed by atoms with Crippen LogP contribution in [0, 0.1) is 0 Å². The average Bonchev–Trinajstić information content (AvgIpc) is 2.28. The maximum atomic E-state index is 9.60. The minimum atomic E-state index is -0.700. The third kappa shape index (κ3) is 3.65. The first kappa shape index (κ1) is 14.4. The summed E-state index contributed by atoms with van der Waals surface area (Å²) in [5.41, 5.74) is 1.09. The Bertz CT molecular complexity index is 363. The van der Waals surface area contributed by atoms with Crippen molar-refractivity contribution in [2.75, 3.05) is 30.2 Å². The zero-order chi connectivity index (χ0) is 13.1. The van der Waals surface area contributed by atoms with Crippen LogP contribution in [0.25, 0.3) is 0 Å². The lowest BCUT2D eigenvalue weighted by atomic mass is 10.3. The molecule has 17 heavy (non-hydrogen) atoms. The summed E-state index contributed by atoms with van der Waals surface area (Å²) in [6.07, 6.45) is 5.49. The molecule has 1 rings (SSSR count). The van der Waals surface area contributed by atoms with Gasteiger partial charge in [0, 0.05) is 12.7 Å². The van der Waals surface area contributed by atoms with Crippen LogP contribution >= 0.6 is 10.0 Å². The highest BCUT2D eigenvalue weighted by molar-refractivity contribution is 8.32. The maximum absolute atomic E-state index is 9.60. The number of nitrogens with zero attached hydrogens (tertiary/aromatic N) is 1. The standard InChI is InChI=1S/C14H25NOS/c1-6-10-17(4,5)14-9-7-8-13(11-14)15(3)12(2)16/h7-9,11-12,16H,6,10H2,1-5H3. The van der Waals surface area contributed by atoms with Crippen molar-refractivity contribution in [2.24, 2.45) is 0 Å². The highest BCUT2D eigenvalue weighted by Gasteiger charge is 2.15. The molecular formula is C14H25NOS. The van der Waals surface area contributed by atoms with Crippen molar-refractivity contribution in [1.29, 1.82) is 0 Å². The summed E-state index contributed by atoms with van der Waals surface area (Å²) in [5.74, 6) is 1.26.